The molecule has 0 amide bonds. The molecule has 0 aromatic carbocycles. The van der Waals surface area contributed by atoms with Crippen LogP contribution in [0.15, 0.2) is 18.5 Å². The summed E-state index contributed by atoms with van der Waals surface area (Å²) >= 11 is 5.99. The van der Waals surface area contributed by atoms with Gasteiger partial charge in [-0.25, -0.2) is 0 Å². The zero-order valence-corrected chi connectivity index (χ0v) is 9.50. The van der Waals surface area contributed by atoms with E-state index in [4.69, 9.17) is 11.6 Å². The van der Waals surface area contributed by atoms with E-state index in [-0.39, 0.29) is 0 Å². The predicted octanol–water partition coefficient (Wildman–Crippen LogP) is 1.48. The lowest BCUT2D eigenvalue weighted by Gasteiger charge is -2.24. The summed E-state index contributed by atoms with van der Waals surface area (Å²) < 4.78 is 0. The maximum absolute atomic E-state index is 11.3. The van der Waals surface area contributed by atoms with Gasteiger partial charge in [-0.3, -0.25) is 9.78 Å². The maximum atomic E-state index is 11.3. The van der Waals surface area contributed by atoms with Gasteiger partial charge in [0.2, 0.25) is 0 Å². The van der Waals surface area contributed by atoms with Crippen molar-refractivity contribution in [3.8, 4) is 0 Å². The van der Waals surface area contributed by atoms with Gasteiger partial charge in [0.05, 0.1) is 5.02 Å². The summed E-state index contributed by atoms with van der Waals surface area (Å²) in [4.78, 5) is 15.2. The van der Waals surface area contributed by atoms with E-state index in [0.29, 0.717) is 17.9 Å². The molecule has 1 aliphatic rings. The largest absolute Gasteiger partial charge is 0.480 e. The number of nitrogens with zero attached hydrogens (tertiary/aromatic N) is 1. The smallest absolute Gasteiger partial charge is 0.324 e. The van der Waals surface area contributed by atoms with Gasteiger partial charge < -0.3 is 10.4 Å². The number of hydrogen-bond donors (Lipinski definition) is 2. The molecular weight excluding hydrogens is 228 g/mol. The second kappa shape index (κ2) is 4.39. The number of aromatic nitrogens is 1. The highest BCUT2D eigenvalue weighted by atomic mass is 35.5. The number of halogens is 1. The normalized spacial score (nSPS) is 24.6. The van der Waals surface area contributed by atoms with E-state index in [9.17, 15) is 9.90 Å². The van der Waals surface area contributed by atoms with Crippen LogP contribution in [0.3, 0.4) is 0 Å². The molecule has 1 aromatic rings. The molecule has 0 spiro atoms. The average molecular weight is 241 g/mol. The number of hydrogen-bond acceptors (Lipinski definition) is 3. The van der Waals surface area contributed by atoms with Crippen LogP contribution in [0.4, 0.5) is 0 Å². The molecule has 1 unspecified atom stereocenters. The molecule has 16 heavy (non-hydrogen) atoms. The standard InChI is InChI=1S/C11H13ClN2O2/c12-9-7-13-5-2-8(9)6-11(10(15)16)3-1-4-14-11/h2,5,7,14H,1,3-4,6H2,(H,15,16). The first-order chi connectivity index (χ1) is 7.64. The van der Waals surface area contributed by atoms with E-state index in [1.54, 1.807) is 18.5 Å². The van der Waals surface area contributed by atoms with Gasteiger partial charge in [0, 0.05) is 18.8 Å². The number of rotatable bonds is 3. The van der Waals surface area contributed by atoms with Crippen molar-refractivity contribution < 1.29 is 9.90 Å². The molecule has 1 aromatic heterocycles. The summed E-state index contributed by atoms with van der Waals surface area (Å²) in [5.41, 5.74) is -0.0289. The minimum atomic E-state index is -0.856. The van der Waals surface area contributed by atoms with Gasteiger partial charge in [0.15, 0.2) is 0 Å². The Morgan fingerprint density at radius 3 is 3.06 bits per heavy atom. The zero-order chi connectivity index (χ0) is 11.6. The Morgan fingerprint density at radius 1 is 1.69 bits per heavy atom. The molecule has 1 fully saturated rings. The van der Waals surface area contributed by atoms with Gasteiger partial charge in [0.25, 0.3) is 0 Å². The van der Waals surface area contributed by atoms with E-state index >= 15 is 0 Å². The second-order valence-electron chi connectivity index (χ2n) is 4.06. The fraction of sp³-hybridized carbons (Fsp3) is 0.455. The van der Waals surface area contributed by atoms with Crippen LogP contribution in [0.5, 0.6) is 0 Å². The molecule has 4 nitrogen and oxygen atoms in total. The van der Waals surface area contributed by atoms with Crippen molar-refractivity contribution in [3.63, 3.8) is 0 Å². The van der Waals surface area contributed by atoms with Gasteiger partial charge in [-0.1, -0.05) is 11.6 Å². The minimum Gasteiger partial charge on any atom is -0.480 e. The molecule has 0 bridgehead atoms. The van der Waals surface area contributed by atoms with E-state index in [1.807, 2.05) is 0 Å². The predicted molar refractivity (Wildman–Crippen MR) is 60.6 cm³/mol. The molecule has 5 heteroatoms. The van der Waals surface area contributed by atoms with Crippen molar-refractivity contribution >= 4 is 17.6 Å². The lowest BCUT2D eigenvalue weighted by Crippen LogP contribution is -2.49. The van der Waals surface area contributed by atoms with Crippen LogP contribution < -0.4 is 5.32 Å². The number of pyridine rings is 1. The molecular formula is C11H13ClN2O2. The van der Waals surface area contributed by atoms with Crippen molar-refractivity contribution in [3.05, 3.63) is 29.0 Å². The maximum Gasteiger partial charge on any atom is 0.324 e. The molecule has 0 radical (unpaired) electrons. The quantitative estimate of drug-likeness (QED) is 0.840. The van der Waals surface area contributed by atoms with Gasteiger partial charge in [-0.15, -0.1) is 0 Å². The van der Waals surface area contributed by atoms with Gasteiger partial charge in [-0.2, -0.15) is 0 Å². The number of carboxylic acids is 1. The van der Waals surface area contributed by atoms with E-state index in [1.165, 1.54) is 0 Å². The lowest BCUT2D eigenvalue weighted by molar-refractivity contribution is -0.144. The van der Waals surface area contributed by atoms with Crippen LogP contribution in [0.25, 0.3) is 0 Å². The van der Waals surface area contributed by atoms with Crippen LogP contribution >= 0.6 is 11.6 Å². The van der Waals surface area contributed by atoms with Gasteiger partial charge in [0.1, 0.15) is 5.54 Å². The molecule has 2 heterocycles. The van der Waals surface area contributed by atoms with Crippen LogP contribution in [0.1, 0.15) is 18.4 Å². The Balaban J connectivity index is 2.25. The van der Waals surface area contributed by atoms with Gasteiger partial charge >= 0.3 is 5.97 Å². The summed E-state index contributed by atoms with van der Waals surface area (Å²) in [6, 6.07) is 1.77. The molecule has 0 aliphatic carbocycles. The Morgan fingerprint density at radius 2 is 2.50 bits per heavy atom. The summed E-state index contributed by atoms with van der Waals surface area (Å²) in [5, 5.41) is 12.9. The highest BCUT2D eigenvalue weighted by molar-refractivity contribution is 6.31. The SMILES string of the molecule is O=C(O)C1(Cc2ccncc2Cl)CCCN1. The monoisotopic (exact) mass is 240 g/mol. The summed E-state index contributed by atoms with van der Waals surface area (Å²) in [5.74, 6) is -0.808. The van der Waals surface area contributed by atoms with E-state index < -0.39 is 11.5 Å². The Labute approximate surface area is 98.6 Å². The van der Waals surface area contributed by atoms with Crippen LogP contribution in [-0.4, -0.2) is 28.1 Å². The number of carboxylic acid groups (broad SMARTS) is 1. The summed E-state index contributed by atoms with van der Waals surface area (Å²) in [6.07, 6.45) is 5.10. The van der Waals surface area contributed by atoms with Crippen molar-refractivity contribution in [1.29, 1.82) is 0 Å². The number of nitrogens with one attached hydrogen (secondary N) is 1. The van der Waals surface area contributed by atoms with Gasteiger partial charge in [-0.05, 0) is 31.0 Å². The van der Waals surface area contributed by atoms with Crippen LogP contribution in [-0.2, 0) is 11.2 Å². The van der Waals surface area contributed by atoms with E-state index in [0.717, 1.165) is 18.5 Å². The molecule has 1 saturated heterocycles. The van der Waals surface area contributed by atoms with Crippen LogP contribution in [0.2, 0.25) is 5.02 Å². The molecule has 86 valence electrons. The first kappa shape index (κ1) is 11.4. The first-order valence-electron chi connectivity index (χ1n) is 5.21. The fourth-order valence-electron chi connectivity index (χ4n) is 2.09. The average Bonchev–Trinajstić information content (AvgIpc) is 2.71. The van der Waals surface area contributed by atoms with Crippen molar-refractivity contribution in [2.24, 2.45) is 0 Å². The minimum absolute atomic E-state index is 0.406. The lowest BCUT2D eigenvalue weighted by atomic mass is 9.90. The third-order valence-corrected chi connectivity index (χ3v) is 3.34. The molecule has 1 atom stereocenters. The first-order valence-corrected chi connectivity index (χ1v) is 5.59. The Hall–Kier alpha value is -1.13. The Bertz CT molecular complexity index is 403. The number of aliphatic carboxylic acids is 1. The molecule has 2 rings (SSSR count). The molecule has 2 N–H and O–H groups in total. The fourth-order valence-corrected chi connectivity index (χ4v) is 2.27. The van der Waals surface area contributed by atoms with Crippen molar-refractivity contribution in [1.82, 2.24) is 10.3 Å². The molecule has 0 saturated carbocycles. The number of carbonyl (C=O) groups is 1. The van der Waals surface area contributed by atoms with Crippen LogP contribution in [0, 0.1) is 0 Å². The topological polar surface area (TPSA) is 62.2 Å². The van der Waals surface area contributed by atoms with Crippen molar-refractivity contribution in [2.75, 3.05) is 6.54 Å². The van der Waals surface area contributed by atoms with E-state index in [2.05, 4.69) is 10.3 Å². The highest BCUT2D eigenvalue weighted by Gasteiger charge is 2.41. The Kier molecular flexibility index (Phi) is 3.12. The van der Waals surface area contributed by atoms with Crippen molar-refractivity contribution in [2.45, 2.75) is 24.8 Å². The second-order valence-corrected chi connectivity index (χ2v) is 4.47. The highest BCUT2D eigenvalue weighted by Crippen LogP contribution is 2.27. The third kappa shape index (κ3) is 2.03. The third-order valence-electron chi connectivity index (χ3n) is 3.00. The molecule has 1 aliphatic heterocycles. The zero-order valence-electron chi connectivity index (χ0n) is 8.74. The summed E-state index contributed by atoms with van der Waals surface area (Å²) in [7, 11) is 0. The summed E-state index contributed by atoms with van der Waals surface area (Å²) in [6.45, 7) is 0.745.